The summed E-state index contributed by atoms with van der Waals surface area (Å²) in [6.45, 7) is 14.8. The Bertz CT molecular complexity index is 935. The first-order valence-corrected chi connectivity index (χ1v) is 9.62. The second-order valence-electron chi connectivity index (χ2n) is 8.37. The summed E-state index contributed by atoms with van der Waals surface area (Å²) >= 11 is 0. The van der Waals surface area contributed by atoms with Gasteiger partial charge in [-0.2, -0.15) is 0 Å². The Hall–Kier alpha value is -3.08. The van der Waals surface area contributed by atoms with Gasteiger partial charge in [-0.1, -0.05) is 29.3 Å². The van der Waals surface area contributed by atoms with Crippen molar-refractivity contribution in [2.45, 2.75) is 53.5 Å². The molecule has 154 valence electrons. The van der Waals surface area contributed by atoms with Crippen LogP contribution in [0.2, 0.25) is 0 Å². The van der Waals surface area contributed by atoms with Crippen LogP contribution >= 0.6 is 0 Å². The van der Waals surface area contributed by atoms with Gasteiger partial charge in [0.15, 0.2) is 0 Å². The minimum atomic E-state index is -0.650. The van der Waals surface area contributed by atoms with E-state index in [-0.39, 0.29) is 11.7 Å². The van der Waals surface area contributed by atoms with Gasteiger partial charge in [0, 0.05) is 16.7 Å². The smallest absolute Gasteiger partial charge is 0.272 e. The number of amides is 2. The molecule has 29 heavy (non-hydrogen) atoms. The highest BCUT2D eigenvalue weighted by Gasteiger charge is 2.30. The first-order valence-electron chi connectivity index (χ1n) is 9.62. The molecule has 0 spiro atoms. The molecule has 0 aliphatic heterocycles. The maximum absolute atomic E-state index is 13.2. The molecule has 2 aromatic rings. The molecule has 0 atom stereocenters. The zero-order chi connectivity index (χ0) is 21.9. The normalized spacial score (nSPS) is 11.1. The van der Waals surface area contributed by atoms with Crippen molar-refractivity contribution in [3.05, 3.63) is 76.4 Å². The van der Waals surface area contributed by atoms with Crippen LogP contribution in [-0.2, 0) is 6.42 Å². The third-order valence-electron chi connectivity index (χ3n) is 4.68. The number of aromatic hydroxyl groups is 1. The number of phenolic OH excluding ortho intramolecular Hbond substituents is 1. The largest absolute Gasteiger partial charge is 0.507 e. The number of rotatable bonds is 4. The predicted octanol–water partition coefficient (Wildman–Crippen LogP) is 4.63. The van der Waals surface area contributed by atoms with Crippen LogP contribution in [0.25, 0.3) is 0 Å². The molecule has 0 aromatic heterocycles. The molecule has 2 aromatic carbocycles. The predicted molar refractivity (Wildman–Crippen MR) is 116 cm³/mol. The highest BCUT2D eigenvalue weighted by Crippen LogP contribution is 2.26. The number of phenols is 1. The van der Waals surface area contributed by atoms with Crippen LogP contribution in [0.4, 0.5) is 0 Å². The average molecular weight is 395 g/mol. The molecule has 2 amide bonds. The molecule has 0 radical (unpaired) electrons. The Morgan fingerprint density at radius 2 is 1.69 bits per heavy atom. The fourth-order valence-corrected chi connectivity index (χ4v) is 3.23. The number of carbonyl (C=O) groups excluding carboxylic acids is 2. The van der Waals surface area contributed by atoms with Crippen molar-refractivity contribution in [2.24, 2.45) is 0 Å². The number of hydrogen-bond donors (Lipinski definition) is 2. The number of aryl methyl sites for hydroxylation is 2. The number of hydrazine groups is 1. The second-order valence-corrected chi connectivity index (χ2v) is 8.37. The Kier molecular flexibility index (Phi) is 6.52. The molecule has 0 fully saturated rings. The van der Waals surface area contributed by atoms with E-state index in [4.69, 9.17) is 0 Å². The van der Waals surface area contributed by atoms with E-state index in [0.717, 1.165) is 11.1 Å². The lowest BCUT2D eigenvalue weighted by Crippen LogP contribution is -2.56. The SMILES string of the molecule is C=CCc1ccc(C(=O)NN(C(=O)c2cc(C)cc(C)c2)C(C)(C)C)c(C)c1O. The van der Waals surface area contributed by atoms with Gasteiger partial charge in [-0.05, 0) is 71.7 Å². The van der Waals surface area contributed by atoms with Crippen LogP contribution in [0.1, 0.15) is 63.7 Å². The Morgan fingerprint density at radius 3 is 2.21 bits per heavy atom. The van der Waals surface area contributed by atoms with Crippen molar-refractivity contribution in [2.75, 3.05) is 0 Å². The lowest BCUT2D eigenvalue weighted by molar-refractivity contribution is 0.0358. The van der Waals surface area contributed by atoms with Crippen molar-refractivity contribution in [3.8, 4) is 5.75 Å². The highest BCUT2D eigenvalue weighted by molar-refractivity contribution is 6.00. The monoisotopic (exact) mass is 394 g/mol. The summed E-state index contributed by atoms with van der Waals surface area (Å²) in [4.78, 5) is 26.2. The van der Waals surface area contributed by atoms with Gasteiger partial charge in [-0.25, -0.2) is 5.01 Å². The molecule has 0 heterocycles. The summed E-state index contributed by atoms with van der Waals surface area (Å²) in [6, 6.07) is 8.97. The van der Waals surface area contributed by atoms with Crippen LogP contribution in [0.5, 0.6) is 5.75 Å². The van der Waals surface area contributed by atoms with Crippen molar-refractivity contribution in [1.29, 1.82) is 0 Å². The minimum Gasteiger partial charge on any atom is -0.507 e. The van der Waals surface area contributed by atoms with E-state index in [1.165, 1.54) is 5.01 Å². The van der Waals surface area contributed by atoms with Gasteiger partial charge < -0.3 is 5.11 Å². The number of carbonyl (C=O) groups is 2. The molecule has 5 heteroatoms. The fraction of sp³-hybridized carbons (Fsp3) is 0.333. The van der Waals surface area contributed by atoms with Gasteiger partial charge in [0.05, 0.1) is 5.54 Å². The summed E-state index contributed by atoms with van der Waals surface area (Å²) in [6.07, 6.45) is 2.20. The molecule has 0 bridgehead atoms. The lowest BCUT2D eigenvalue weighted by Gasteiger charge is -2.35. The maximum atomic E-state index is 13.2. The molecule has 5 nitrogen and oxygen atoms in total. The molecule has 0 saturated heterocycles. The fourth-order valence-electron chi connectivity index (χ4n) is 3.23. The van der Waals surface area contributed by atoms with Gasteiger partial charge in [0.1, 0.15) is 5.75 Å². The van der Waals surface area contributed by atoms with Crippen LogP contribution < -0.4 is 5.43 Å². The van der Waals surface area contributed by atoms with Crippen LogP contribution in [0.3, 0.4) is 0 Å². The Balaban J connectivity index is 2.38. The Labute approximate surface area is 173 Å². The van der Waals surface area contributed by atoms with Crippen LogP contribution in [-0.4, -0.2) is 27.5 Å². The molecular formula is C24H30N2O3. The van der Waals surface area contributed by atoms with E-state index >= 15 is 0 Å². The maximum Gasteiger partial charge on any atom is 0.272 e. The lowest BCUT2D eigenvalue weighted by atomic mass is 10.0. The number of nitrogens with one attached hydrogen (secondary N) is 1. The van der Waals surface area contributed by atoms with E-state index in [0.29, 0.717) is 28.7 Å². The standard InChI is InChI=1S/C24H30N2O3/c1-8-9-18-10-11-20(17(4)21(18)27)22(28)25-26(24(5,6)7)23(29)19-13-15(2)12-16(3)14-19/h8,10-14,27H,1,9H2,2-7H3,(H,25,28). The van der Waals surface area contributed by atoms with E-state index in [2.05, 4.69) is 12.0 Å². The minimum absolute atomic E-state index is 0.0699. The summed E-state index contributed by atoms with van der Waals surface area (Å²) < 4.78 is 0. The van der Waals surface area contributed by atoms with Crippen molar-refractivity contribution in [1.82, 2.24) is 10.4 Å². The molecule has 2 rings (SSSR count). The first kappa shape index (κ1) is 22.2. The summed E-state index contributed by atoms with van der Waals surface area (Å²) in [5, 5.41) is 11.7. The van der Waals surface area contributed by atoms with E-state index in [1.54, 1.807) is 37.3 Å². The van der Waals surface area contributed by atoms with Crippen molar-refractivity contribution in [3.63, 3.8) is 0 Å². The van der Waals surface area contributed by atoms with Gasteiger partial charge >= 0.3 is 0 Å². The van der Waals surface area contributed by atoms with Gasteiger partial charge in [-0.3, -0.25) is 15.0 Å². The molecule has 2 N–H and O–H groups in total. The zero-order valence-corrected chi connectivity index (χ0v) is 18.1. The number of nitrogens with zero attached hydrogens (tertiary/aromatic N) is 1. The van der Waals surface area contributed by atoms with Gasteiger partial charge in [0.2, 0.25) is 0 Å². The van der Waals surface area contributed by atoms with Gasteiger partial charge in [-0.15, -0.1) is 6.58 Å². The van der Waals surface area contributed by atoms with Crippen LogP contribution in [0, 0.1) is 20.8 Å². The molecular weight excluding hydrogens is 364 g/mol. The van der Waals surface area contributed by atoms with Crippen molar-refractivity contribution >= 4 is 11.8 Å². The quantitative estimate of drug-likeness (QED) is 0.587. The number of hydrogen-bond acceptors (Lipinski definition) is 3. The summed E-state index contributed by atoms with van der Waals surface area (Å²) in [5.74, 6) is -0.668. The number of benzene rings is 2. The molecule has 0 aliphatic rings. The highest BCUT2D eigenvalue weighted by atomic mass is 16.3. The zero-order valence-electron chi connectivity index (χ0n) is 18.1. The van der Waals surface area contributed by atoms with E-state index in [1.807, 2.05) is 40.7 Å². The van der Waals surface area contributed by atoms with E-state index in [9.17, 15) is 14.7 Å². The van der Waals surface area contributed by atoms with Gasteiger partial charge in [0.25, 0.3) is 11.8 Å². The average Bonchev–Trinajstić information content (AvgIpc) is 2.61. The Morgan fingerprint density at radius 1 is 1.10 bits per heavy atom. The summed E-state index contributed by atoms with van der Waals surface area (Å²) in [5.41, 5.74) is 6.05. The molecule has 0 saturated carbocycles. The third-order valence-corrected chi connectivity index (χ3v) is 4.68. The topological polar surface area (TPSA) is 69.6 Å². The van der Waals surface area contributed by atoms with Crippen molar-refractivity contribution < 1.29 is 14.7 Å². The summed E-state index contributed by atoms with van der Waals surface area (Å²) in [7, 11) is 0. The first-order chi connectivity index (χ1) is 13.5. The second kappa shape index (κ2) is 8.52. The number of allylic oxidation sites excluding steroid dienone is 1. The van der Waals surface area contributed by atoms with E-state index < -0.39 is 11.4 Å². The molecule has 0 aliphatic carbocycles. The van der Waals surface area contributed by atoms with Crippen LogP contribution in [0.15, 0.2) is 43.0 Å². The third kappa shape index (κ3) is 5.05. The molecule has 0 unspecified atom stereocenters.